The van der Waals surface area contributed by atoms with E-state index >= 15 is 0 Å². The second-order valence-corrected chi connectivity index (χ2v) is 16.3. The summed E-state index contributed by atoms with van der Waals surface area (Å²) in [7, 11) is 0. The van der Waals surface area contributed by atoms with Crippen molar-refractivity contribution in [2.75, 3.05) is 0 Å². The van der Waals surface area contributed by atoms with E-state index in [0.29, 0.717) is 26.1 Å². The van der Waals surface area contributed by atoms with E-state index in [1.165, 1.54) is 77.0 Å². The van der Waals surface area contributed by atoms with E-state index < -0.39 is 24.1 Å². The molecule has 8 nitrogen and oxygen atoms in total. The fraction of sp³-hybridized carbons (Fsp3) is 0.720. The van der Waals surface area contributed by atoms with Gasteiger partial charge in [0.1, 0.15) is 0 Å². The second kappa shape index (κ2) is 42.1. The van der Waals surface area contributed by atoms with Gasteiger partial charge in [0.25, 0.3) is 0 Å². The molecule has 4 unspecified atom stereocenters. The molecule has 332 valence electrons. The van der Waals surface area contributed by atoms with Crippen molar-refractivity contribution in [3.05, 3.63) is 71.8 Å². The molecule has 0 saturated carbocycles. The standard InChI is InChI=1S/2C25H42O4.Ba/c2*1-2-3-4-5-6-7-13-18-23(26)24(19-14-8-9-15-20-25(27)28)29-21-22-16-11-10-12-17-22;/h2*10-12,16-17,23-24,26H,2-9,13-15,18-21H2,1H3,(H,27,28);/q;;+2/p-2. The minimum Gasteiger partial charge on any atom is -0.550 e. The molecule has 0 bridgehead atoms. The van der Waals surface area contributed by atoms with Crippen LogP contribution in [0, 0.1) is 0 Å². The minimum atomic E-state index is -0.973. The van der Waals surface area contributed by atoms with Crippen LogP contribution in [0.15, 0.2) is 60.7 Å². The van der Waals surface area contributed by atoms with E-state index in [2.05, 4.69) is 13.8 Å². The van der Waals surface area contributed by atoms with Gasteiger partial charge in [0.15, 0.2) is 0 Å². The van der Waals surface area contributed by atoms with Gasteiger partial charge in [0.05, 0.1) is 37.6 Å². The molecule has 0 spiro atoms. The summed E-state index contributed by atoms with van der Waals surface area (Å²) in [5.74, 6) is -1.95. The molecular weight excluding hydrogens is 866 g/mol. The smallest absolute Gasteiger partial charge is 0.550 e. The van der Waals surface area contributed by atoms with Crippen LogP contribution >= 0.6 is 0 Å². The number of hydrogen-bond donors (Lipinski definition) is 2. The first-order valence-corrected chi connectivity index (χ1v) is 23.3. The number of aliphatic hydroxyl groups excluding tert-OH is 2. The van der Waals surface area contributed by atoms with Crippen molar-refractivity contribution < 1.29 is 39.5 Å². The summed E-state index contributed by atoms with van der Waals surface area (Å²) < 4.78 is 12.2. The van der Waals surface area contributed by atoms with Crippen molar-refractivity contribution >= 4 is 60.8 Å². The maximum atomic E-state index is 10.7. The first-order valence-electron chi connectivity index (χ1n) is 23.3. The monoisotopic (exact) mass is 949 g/mol. The average Bonchev–Trinajstić information content (AvgIpc) is 3.22. The predicted molar refractivity (Wildman–Crippen MR) is 238 cm³/mol. The van der Waals surface area contributed by atoms with E-state index in [9.17, 15) is 30.0 Å². The van der Waals surface area contributed by atoms with Crippen LogP contribution in [0.3, 0.4) is 0 Å². The summed E-state index contributed by atoms with van der Waals surface area (Å²) in [5, 5.41) is 42.4. The molecule has 4 atom stereocenters. The third-order valence-corrected chi connectivity index (χ3v) is 10.9. The maximum absolute atomic E-state index is 10.7. The number of benzene rings is 2. The van der Waals surface area contributed by atoms with Gasteiger partial charge in [0.2, 0.25) is 0 Å². The van der Waals surface area contributed by atoms with Gasteiger partial charge in [-0.3, -0.25) is 0 Å². The molecule has 0 amide bonds. The number of carboxylic acids is 2. The zero-order valence-electron chi connectivity index (χ0n) is 37.3. The summed E-state index contributed by atoms with van der Waals surface area (Å²) in [6.45, 7) is 5.50. The maximum Gasteiger partial charge on any atom is 2.00 e. The Morgan fingerprint density at radius 1 is 0.458 bits per heavy atom. The molecular formula is C50H82BaO8. The van der Waals surface area contributed by atoms with E-state index in [1.54, 1.807) is 0 Å². The van der Waals surface area contributed by atoms with Gasteiger partial charge in [-0.05, 0) is 62.5 Å². The first kappa shape index (κ1) is 57.8. The zero-order valence-corrected chi connectivity index (χ0v) is 41.8. The molecule has 0 aromatic heterocycles. The van der Waals surface area contributed by atoms with Crippen molar-refractivity contribution in [3.8, 4) is 0 Å². The summed E-state index contributed by atoms with van der Waals surface area (Å²) in [4.78, 5) is 21.0. The molecule has 0 radical (unpaired) electrons. The van der Waals surface area contributed by atoms with E-state index in [1.807, 2.05) is 60.7 Å². The van der Waals surface area contributed by atoms with E-state index in [-0.39, 0.29) is 73.9 Å². The Morgan fingerprint density at radius 3 is 1.07 bits per heavy atom. The number of carboxylic acid groups (broad SMARTS) is 2. The van der Waals surface area contributed by atoms with Gasteiger partial charge < -0.3 is 39.5 Å². The van der Waals surface area contributed by atoms with Crippen molar-refractivity contribution in [2.45, 2.75) is 231 Å². The molecule has 0 aliphatic heterocycles. The molecule has 0 aliphatic rings. The Kier molecular flexibility index (Phi) is 41.2. The molecule has 9 heteroatoms. The number of ether oxygens (including phenoxy) is 2. The van der Waals surface area contributed by atoms with Gasteiger partial charge in [0, 0.05) is 11.9 Å². The molecule has 0 aliphatic carbocycles. The molecule has 0 heterocycles. The Hall–Kier alpha value is -1.21. The number of aliphatic hydroxyl groups is 2. The Morgan fingerprint density at radius 2 is 0.746 bits per heavy atom. The number of carbonyl (C=O) groups excluding carboxylic acids is 2. The Labute approximate surface area is 400 Å². The molecule has 0 fully saturated rings. The molecule has 2 N–H and O–H groups in total. The number of hydrogen-bond acceptors (Lipinski definition) is 8. The van der Waals surface area contributed by atoms with Gasteiger partial charge >= 0.3 is 48.9 Å². The average molecular weight is 949 g/mol. The normalized spacial score (nSPS) is 13.1. The van der Waals surface area contributed by atoms with Crippen LogP contribution in [0.25, 0.3) is 0 Å². The molecule has 2 aromatic carbocycles. The molecule has 0 saturated heterocycles. The first-order chi connectivity index (χ1) is 28.3. The second-order valence-electron chi connectivity index (χ2n) is 16.3. The summed E-state index contributed by atoms with van der Waals surface area (Å²) in [5.41, 5.74) is 2.24. The molecule has 2 rings (SSSR count). The summed E-state index contributed by atoms with van der Waals surface area (Å²) in [6, 6.07) is 20.1. The van der Waals surface area contributed by atoms with Gasteiger partial charge in [-0.1, -0.05) is 203 Å². The third-order valence-electron chi connectivity index (χ3n) is 10.9. The largest absolute Gasteiger partial charge is 2.00 e. The van der Waals surface area contributed by atoms with Crippen LogP contribution in [-0.4, -0.2) is 95.4 Å². The van der Waals surface area contributed by atoms with Crippen LogP contribution < -0.4 is 10.2 Å². The number of unbranched alkanes of at least 4 members (excludes halogenated alkanes) is 18. The van der Waals surface area contributed by atoms with Crippen molar-refractivity contribution in [3.63, 3.8) is 0 Å². The quantitative estimate of drug-likeness (QED) is 0.0501. The Balaban J connectivity index is 0.00000112. The Bertz CT molecular complexity index is 1110. The van der Waals surface area contributed by atoms with Gasteiger partial charge in [-0.25, -0.2) is 0 Å². The van der Waals surface area contributed by atoms with E-state index in [0.717, 1.165) is 88.2 Å². The van der Waals surface area contributed by atoms with Crippen molar-refractivity contribution in [2.24, 2.45) is 0 Å². The summed E-state index contributed by atoms with van der Waals surface area (Å²) in [6.07, 6.45) is 26.6. The van der Waals surface area contributed by atoms with Crippen LogP contribution in [0.1, 0.15) is 205 Å². The number of rotatable bonds is 38. The van der Waals surface area contributed by atoms with Crippen LogP contribution in [0.2, 0.25) is 0 Å². The minimum absolute atomic E-state index is 0. The van der Waals surface area contributed by atoms with Crippen LogP contribution in [0.4, 0.5) is 0 Å². The summed E-state index contributed by atoms with van der Waals surface area (Å²) >= 11 is 0. The zero-order chi connectivity index (χ0) is 42.3. The number of aliphatic carboxylic acids is 2. The topological polar surface area (TPSA) is 139 Å². The SMILES string of the molecule is CCCCCCCCCC(O)C(CCCCCCC(=O)[O-])OCc1ccccc1.CCCCCCCCCC(O)C(CCCCCCC(=O)[O-])OCc1ccccc1.[Ba+2]. The van der Waals surface area contributed by atoms with Crippen molar-refractivity contribution in [1.29, 1.82) is 0 Å². The van der Waals surface area contributed by atoms with Crippen LogP contribution in [0.5, 0.6) is 0 Å². The third kappa shape index (κ3) is 36.0. The van der Waals surface area contributed by atoms with Gasteiger partial charge in [-0.2, -0.15) is 0 Å². The fourth-order valence-electron chi connectivity index (χ4n) is 7.26. The van der Waals surface area contributed by atoms with Crippen molar-refractivity contribution in [1.82, 2.24) is 0 Å². The molecule has 2 aromatic rings. The van der Waals surface area contributed by atoms with E-state index in [4.69, 9.17) is 9.47 Å². The van der Waals surface area contributed by atoms with Gasteiger partial charge in [-0.15, -0.1) is 0 Å². The number of carbonyl (C=O) groups is 2. The molecule has 59 heavy (non-hydrogen) atoms. The fourth-order valence-corrected chi connectivity index (χ4v) is 7.26. The predicted octanol–water partition coefficient (Wildman–Crippen LogP) is 9.95. The van der Waals surface area contributed by atoms with Crippen LogP contribution in [-0.2, 0) is 32.3 Å².